The largest absolute Gasteiger partial charge is 0.349 e. The van der Waals surface area contributed by atoms with Gasteiger partial charge in [0.2, 0.25) is 5.91 Å². The number of carbonyl (C=O) groups excluding carboxylic acids is 1. The van der Waals surface area contributed by atoms with Crippen LogP contribution in [0, 0.1) is 0 Å². The van der Waals surface area contributed by atoms with Crippen molar-refractivity contribution in [1.82, 2.24) is 20.1 Å². The summed E-state index contributed by atoms with van der Waals surface area (Å²) >= 11 is 1.43. The average Bonchev–Trinajstić information content (AvgIpc) is 3.48. The van der Waals surface area contributed by atoms with E-state index in [2.05, 4.69) is 57.0 Å². The van der Waals surface area contributed by atoms with Gasteiger partial charge in [0.25, 0.3) is 0 Å². The number of hydrogen-bond acceptors (Lipinski definition) is 4. The fourth-order valence-electron chi connectivity index (χ4n) is 3.32. The molecule has 0 aliphatic heterocycles. The number of allylic oxidation sites excluding steroid dienone is 1. The van der Waals surface area contributed by atoms with Crippen LogP contribution in [0.1, 0.15) is 43.1 Å². The van der Waals surface area contributed by atoms with Crippen LogP contribution in [0.25, 0.3) is 10.8 Å². The third kappa shape index (κ3) is 4.12. The molecule has 1 heterocycles. The lowest BCUT2D eigenvalue weighted by Gasteiger charge is -2.15. The first-order valence-electron chi connectivity index (χ1n) is 9.60. The topological polar surface area (TPSA) is 59.8 Å². The Balaban J connectivity index is 1.38. The standard InChI is InChI=1S/C22H24N4OS/c1-3-12-26-21(17-9-10-17)24-25-22(26)28-14-20(27)23-15(2)18-11-8-16-6-4-5-7-19(16)13-18/h3-8,11,13,15,17H,1,9-10,12,14H2,2H3,(H,23,27). The Morgan fingerprint density at radius 3 is 2.82 bits per heavy atom. The molecule has 1 aromatic heterocycles. The summed E-state index contributed by atoms with van der Waals surface area (Å²) in [4.78, 5) is 12.5. The van der Waals surface area contributed by atoms with Crippen molar-refractivity contribution < 1.29 is 4.79 Å². The van der Waals surface area contributed by atoms with Gasteiger partial charge in [0.15, 0.2) is 5.16 Å². The Labute approximate surface area is 169 Å². The fraction of sp³-hybridized carbons (Fsp3) is 0.318. The quantitative estimate of drug-likeness (QED) is 0.454. The van der Waals surface area contributed by atoms with Crippen molar-refractivity contribution in [3.05, 3.63) is 66.5 Å². The van der Waals surface area contributed by atoms with Gasteiger partial charge in [0, 0.05) is 12.5 Å². The lowest BCUT2D eigenvalue weighted by molar-refractivity contribution is -0.119. The first-order valence-corrected chi connectivity index (χ1v) is 10.6. The van der Waals surface area contributed by atoms with Gasteiger partial charge in [-0.1, -0.05) is 54.2 Å². The first kappa shape index (κ1) is 18.7. The van der Waals surface area contributed by atoms with Gasteiger partial charge in [-0.15, -0.1) is 16.8 Å². The lowest BCUT2D eigenvalue weighted by atomic mass is 10.0. The molecule has 1 saturated carbocycles. The van der Waals surface area contributed by atoms with Gasteiger partial charge in [-0.05, 0) is 42.2 Å². The highest BCUT2D eigenvalue weighted by Gasteiger charge is 2.30. The monoisotopic (exact) mass is 392 g/mol. The molecule has 2 aromatic carbocycles. The second-order valence-electron chi connectivity index (χ2n) is 7.20. The summed E-state index contributed by atoms with van der Waals surface area (Å²) in [6, 6.07) is 14.5. The maximum Gasteiger partial charge on any atom is 0.230 e. The number of thioether (sulfide) groups is 1. The highest BCUT2D eigenvalue weighted by atomic mass is 32.2. The van der Waals surface area contributed by atoms with Crippen LogP contribution in [-0.2, 0) is 11.3 Å². The second kappa shape index (κ2) is 8.19. The molecule has 5 nitrogen and oxygen atoms in total. The number of aromatic nitrogens is 3. The van der Waals surface area contributed by atoms with E-state index in [4.69, 9.17) is 0 Å². The van der Waals surface area contributed by atoms with Crippen molar-refractivity contribution in [3.63, 3.8) is 0 Å². The molecule has 1 aliphatic carbocycles. The van der Waals surface area contributed by atoms with E-state index in [1.165, 1.54) is 35.4 Å². The SMILES string of the molecule is C=CCn1c(SCC(=O)NC(C)c2ccc3ccccc3c2)nnc1C1CC1. The molecule has 144 valence electrons. The van der Waals surface area contributed by atoms with Gasteiger partial charge in [-0.2, -0.15) is 0 Å². The molecular weight excluding hydrogens is 368 g/mol. The Morgan fingerprint density at radius 1 is 1.29 bits per heavy atom. The van der Waals surface area contributed by atoms with Crippen molar-refractivity contribution in [1.29, 1.82) is 0 Å². The molecule has 3 aromatic rings. The number of hydrogen-bond donors (Lipinski definition) is 1. The van der Waals surface area contributed by atoms with Crippen LogP contribution in [0.15, 0.2) is 60.3 Å². The highest BCUT2D eigenvalue weighted by molar-refractivity contribution is 7.99. The third-order valence-electron chi connectivity index (χ3n) is 4.98. The van der Waals surface area contributed by atoms with E-state index in [0.717, 1.165) is 16.5 Å². The minimum atomic E-state index is -0.0502. The van der Waals surface area contributed by atoms with Gasteiger partial charge in [0.05, 0.1) is 11.8 Å². The van der Waals surface area contributed by atoms with Crippen molar-refractivity contribution >= 4 is 28.4 Å². The van der Waals surface area contributed by atoms with Crippen LogP contribution in [-0.4, -0.2) is 26.4 Å². The van der Waals surface area contributed by atoms with E-state index in [-0.39, 0.29) is 11.9 Å². The van der Waals surface area contributed by atoms with E-state index in [0.29, 0.717) is 18.2 Å². The Bertz CT molecular complexity index is 1010. The number of nitrogens with zero attached hydrogens (tertiary/aromatic N) is 3. The summed E-state index contributed by atoms with van der Waals surface area (Å²) < 4.78 is 2.08. The number of fused-ring (bicyclic) bond motifs is 1. The van der Waals surface area contributed by atoms with Gasteiger partial charge in [-0.3, -0.25) is 4.79 Å². The van der Waals surface area contributed by atoms with Gasteiger partial charge >= 0.3 is 0 Å². The zero-order valence-electron chi connectivity index (χ0n) is 16.0. The second-order valence-corrected chi connectivity index (χ2v) is 8.14. The molecule has 1 unspecified atom stereocenters. The smallest absolute Gasteiger partial charge is 0.230 e. The average molecular weight is 393 g/mol. The van der Waals surface area contributed by atoms with Crippen molar-refractivity contribution in [2.45, 2.75) is 43.4 Å². The molecular formula is C22H24N4OS. The predicted molar refractivity (Wildman–Crippen MR) is 113 cm³/mol. The van der Waals surface area contributed by atoms with Gasteiger partial charge in [0.1, 0.15) is 5.82 Å². The third-order valence-corrected chi connectivity index (χ3v) is 5.95. The number of rotatable bonds is 8. The van der Waals surface area contributed by atoms with Crippen LogP contribution in [0.2, 0.25) is 0 Å². The molecule has 1 N–H and O–H groups in total. The highest BCUT2D eigenvalue weighted by Crippen LogP contribution is 2.40. The van der Waals surface area contributed by atoms with Crippen LogP contribution in [0.5, 0.6) is 0 Å². The van der Waals surface area contributed by atoms with Gasteiger partial charge in [-0.25, -0.2) is 0 Å². The maximum absolute atomic E-state index is 12.5. The Kier molecular flexibility index (Phi) is 5.48. The fourth-order valence-corrected chi connectivity index (χ4v) is 4.09. The van der Waals surface area contributed by atoms with Crippen LogP contribution < -0.4 is 5.32 Å². The number of nitrogens with one attached hydrogen (secondary N) is 1. The molecule has 1 amide bonds. The Morgan fingerprint density at radius 2 is 2.07 bits per heavy atom. The van der Waals surface area contributed by atoms with Crippen LogP contribution >= 0.6 is 11.8 Å². The molecule has 1 atom stereocenters. The van der Waals surface area contributed by atoms with Crippen molar-refractivity contribution in [2.24, 2.45) is 0 Å². The predicted octanol–water partition coefficient (Wildman–Crippen LogP) is 4.46. The van der Waals surface area contributed by atoms with Crippen molar-refractivity contribution in [3.8, 4) is 0 Å². The van der Waals surface area contributed by atoms with E-state index in [1.54, 1.807) is 0 Å². The number of amides is 1. The van der Waals surface area contributed by atoms with Gasteiger partial charge < -0.3 is 9.88 Å². The molecule has 6 heteroatoms. The summed E-state index contributed by atoms with van der Waals surface area (Å²) in [5.74, 6) is 1.85. The zero-order chi connectivity index (χ0) is 19.5. The summed E-state index contributed by atoms with van der Waals surface area (Å²) in [6.45, 7) is 6.51. The molecule has 0 saturated heterocycles. The van der Waals surface area contributed by atoms with Crippen LogP contribution in [0.3, 0.4) is 0 Å². The summed E-state index contributed by atoms with van der Waals surface area (Å²) in [6.07, 6.45) is 4.19. The summed E-state index contributed by atoms with van der Waals surface area (Å²) in [5, 5.41) is 14.9. The molecule has 1 fully saturated rings. The lowest BCUT2D eigenvalue weighted by Crippen LogP contribution is -2.28. The molecule has 0 spiro atoms. The normalized spacial score (nSPS) is 14.8. The Hall–Kier alpha value is -2.60. The maximum atomic E-state index is 12.5. The van der Waals surface area contributed by atoms with E-state index in [1.807, 2.05) is 25.1 Å². The number of benzene rings is 2. The van der Waals surface area contributed by atoms with E-state index < -0.39 is 0 Å². The number of carbonyl (C=O) groups is 1. The minimum Gasteiger partial charge on any atom is -0.349 e. The van der Waals surface area contributed by atoms with E-state index >= 15 is 0 Å². The summed E-state index contributed by atoms with van der Waals surface area (Å²) in [7, 11) is 0. The minimum absolute atomic E-state index is 0.00761. The molecule has 0 bridgehead atoms. The zero-order valence-corrected chi connectivity index (χ0v) is 16.8. The van der Waals surface area contributed by atoms with E-state index in [9.17, 15) is 4.79 Å². The molecule has 1 aliphatic rings. The van der Waals surface area contributed by atoms with Crippen LogP contribution in [0.4, 0.5) is 0 Å². The molecule has 4 rings (SSSR count). The molecule has 28 heavy (non-hydrogen) atoms. The van der Waals surface area contributed by atoms with Crippen molar-refractivity contribution in [2.75, 3.05) is 5.75 Å². The first-order chi connectivity index (χ1) is 13.7. The summed E-state index contributed by atoms with van der Waals surface area (Å²) in [5.41, 5.74) is 1.10. The molecule has 0 radical (unpaired) electrons.